The van der Waals surface area contributed by atoms with Crippen LogP contribution < -0.4 is 5.32 Å². The van der Waals surface area contributed by atoms with Crippen LogP contribution >= 0.6 is 23.2 Å². The normalized spacial score (nSPS) is 14.7. The Bertz CT molecular complexity index is 1040. The molecule has 2 aromatic rings. The molecule has 3 atom stereocenters. The predicted molar refractivity (Wildman–Crippen MR) is 124 cm³/mol. The maximum absolute atomic E-state index is 13.8. The van der Waals surface area contributed by atoms with E-state index >= 15 is 0 Å². The molecule has 0 aliphatic carbocycles. The number of hydrogen-bond acceptors (Lipinski definition) is 3. The van der Waals surface area contributed by atoms with Crippen LogP contribution in [0.1, 0.15) is 49.7 Å². The fraction of sp³-hybridized carbons (Fsp3) is 0.417. The Kier molecular flexibility index (Phi) is 9.53. The number of esters is 1. The summed E-state index contributed by atoms with van der Waals surface area (Å²) >= 11 is 12.0. The molecule has 1 N–H and O–H groups in total. The highest BCUT2D eigenvalue weighted by atomic mass is 35.5. The molecule has 0 spiro atoms. The second-order valence-electron chi connectivity index (χ2n) is 8.34. The zero-order valence-corrected chi connectivity index (χ0v) is 20.6. The lowest BCUT2D eigenvalue weighted by Crippen LogP contribution is -2.34. The van der Waals surface area contributed by atoms with Crippen LogP contribution in [0.25, 0.3) is 0 Å². The van der Waals surface area contributed by atoms with E-state index in [1.54, 1.807) is 0 Å². The SMILES string of the molecule is COC(=O)C[C@@H](CC(C)(F)F)c1ccc(Cl)c(NC(=O)[C@H](c2ccc(Cl)cc2)[C@@H](C)C(F)(F)F)c1. The van der Waals surface area contributed by atoms with Crippen molar-refractivity contribution in [2.75, 3.05) is 12.4 Å². The van der Waals surface area contributed by atoms with Gasteiger partial charge in [-0.1, -0.05) is 48.3 Å². The lowest BCUT2D eigenvalue weighted by Gasteiger charge is -2.26. The third-order valence-corrected chi connectivity index (χ3v) is 6.07. The molecule has 11 heteroatoms. The van der Waals surface area contributed by atoms with Crippen molar-refractivity contribution in [3.63, 3.8) is 0 Å². The molecule has 0 aliphatic heterocycles. The van der Waals surface area contributed by atoms with Crippen LogP contribution in [0.15, 0.2) is 42.5 Å². The number of benzene rings is 2. The van der Waals surface area contributed by atoms with E-state index in [9.17, 15) is 31.5 Å². The van der Waals surface area contributed by atoms with E-state index in [4.69, 9.17) is 23.2 Å². The number of hydrogen-bond donors (Lipinski definition) is 1. The Morgan fingerprint density at radius 1 is 1.00 bits per heavy atom. The summed E-state index contributed by atoms with van der Waals surface area (Å²) in [6.07, 6.45) is -5.76. The second kappa shape index (κ2) is 11.6. The highest BCUT2D eigenvalue weighted by molar-refractivity contribution is 6.33. The molecule has 0 bridgehead atoms. The molecule has 0 saturated heterocycles. The van der Waals surface area contributed by atoms with E-state index in [2.05, 4.69) is 10.1 Å². The lowest BCUT2D eigenvalue weighted by molar-refractivity contribution is -0.178. The van der Waals surface area contributed by atoms with Gasteiger partial charge in [-0.2, -0.15) is 13.2 Å². The van der Waals surface area contributed by atoms with Crippen molar-refractivity contribution in [2.24, 2.45) is 5.92 Å². The zero-order valence-electron chi connectivity index (χ0n) is 19.1. The predicted octanol–water partition coefficient (Wildman–Crippen LogP) is 7.61. The van der Waals surface area contributed by atoms with Gasteiger partial charge >= 0.3 is 12.1 Å². The molecule has 1 amide bonds. The van der Waals surface area contributed by atoms with E-state index in [-0.39, 0.29) is 33.3 Å². The fourth-order valence-electron chi connectivity index (χ4n) is 3.65. The van der Waals surface area contributed by atoms with Gasteiger partial charge in [-0.15, -0.1) is 0 Å². The van der Waals surface area contributed by atoms with Crippen molar-refractivity contribution in [1.82, 2.24) is 0 Å². The minimum Gasteiger partial charge on any atom is -0.469 e. The van der Waals surface area contributed by atoms with Gasteiger partial charge in [0.05, 0.1) is 36.1 Å². The summed E-state index contributed by atoms with van der Waals surface area (Å²) in [6, 6.07) is 9.38. The van der Waals surface area contributed by atoms with Crippen molar-refractivity contribution in [3.05, 3.63) is 63.6 Å². The van der Waals surface area contributed by atoms with Crippen LogP contribution in [-0.2, 0) is 14.3 Å². The van der Waals surface area contributed by atoms with E-state index in [1.807, 2.05) is 0 Å². The number of nitrogens with one attached hydrogen (secondary N) is 1. The van der Waals surface area contributed by atoms with E-state index < -0.39 is 48.1 Å². The number of rotatable bonds is 9. The molecule has 0 aromatic heterocycles. The summed E-state index contributed by atoms with van der Waals surface area (Å²) in [4.78, 5) is 24.8. The van der Waals surface area contributed by atoms with Gasteiger partial charge < -0.3 is 10.1 Å². The minimum atomic E-state index is -4.69. The van der Waals surface area contributed by atoms with Gasteiger partial charge in [-0.25, -0.2) is 8.78 Å². The second-order valence-corrected chi connectivity index (χ2v) is 9.18. The van der Waals surface area contributed by atoms with Crippen LogP contribution in [0.3, 0.4) is 0 Å². The van der Waals surface area contributed by atoms with Crippen LogP contribution in [0.2, 0.25) is 10.0 Å². The van der Waals surface area contributed by atoms with Crippen molar-refractivity contribution < 1.29 is 36.3 Å². The molecular formula is C24H24Cl2F5NO3. The Morgan fingerprint density at radius 2 is 1.57 bits per heavy atom. The molecule has 0 heterocycles. The Labute approximate surface area is 209 Å². The molecular weight excluding hydrogens is 516 g/mol. The summed E-state index contributed by atoms with van der Waals surface area (Å²) in [6.45, 7) is 1.58. The first kappa shape index (κ1) is 28.8. The summed E-state index contributed by atoms with van der Waals surface area (Å²) in [5, 5.41) is 2.66. The number of carbonyl (C=O) groups excluding carboxylic acids is 2. The number of ether oxygens (including phenoxy) is 1. The van der Waals surface area contributed by atoms with Gasteiger partial charge in [0, 0.05) is 17.4 Å². The van der Waals surface area contributed by atoms with Gasteiger partial charge in [-0.3, -0.25) is 9.59 Å². The first-order valence-corrected chi connectivity index (χ1v) is 11.2. The zero-order chi connectivity index (χ0) is 26.6. The van der Waals surface area contributed by atoms with Gasteiger partial charge in [-0.05, 0) is 42.3 Å². The summed E-state index contributed by atoms with van der Waals surface area (Å²) in [5.74, 6) is -9.53. The average molecular weight is 540 g/mol. The van der Waals surface area contributed by atoms with Crippen LogP contribution in [0, 0.1) is 5.92 Å². The van der Waals surface area contributed by atoms with E-state index in [0.717, 1.165) is 14.0 Å². The Hall–Kier alpha value is -2.39. The van der Waals surface area contributed by atoms with Gasteiger partial charge in [0.2, 0.25) is 11.8 Å². The van der Waals surface area contributed by atoms with Crippen LogP contribution in [-0.4, -0.2) is 31.1 Å². The first-order chi connectivity index (χ1) is 16.1. The van der Waals surface area contributed by atoms with Gasteiger partial charge in [0.15, 0.2) is 0 Å². The molecule has 2 aromatic carbocycles. The molecule has 0 radical (unpaired) electrons. The summed E-state index contributed by atoms with van der Waals surface area (Å²) < 4.78 is 72.8. The van der Waals surface area contributed by atoms with Crippen molar-refractivity contribution in [2.45, 2.75) is 50.6 Å². The van der Waals surface area contributed by atoms with E-state index in [0.29, 0.717) is 6.92 Å². The minimum absolute atomic E-state index is 0.0169. The molecule has 4 nitrogen and oxygen atoms in total. The standard InChI is InChI=1S/C24H24Cl2F5NO3/c1-13(24(29,30)31)21(14-4-7-17(25)8-5-14)22(34)32-19-10-15(6-9-18(19)26)16(11-20(33)35-3)12-23(2,27)28/h4-10,13,16,21H,11-12H2,1-3H3,(H,32,34)/t13-,16+,21+/m1/s1. The largest absolute Gasteiger partial charge is 0.469 e. The third kappa shape index (κ3) is 8.35. The van der Waals surface area contributed by atoms with Crippen molar-refractivity contribution >= 4 is 40.8 Å². The number of alkyl halides is 5. The smallest absolute Gasteiger partial charge is 0.392 e. The van der Waals surface area contributed by atoms with Crippen molar-refractivity contribution in [3.8, 4) is 0 Å². The summed E-state index contributed by atoms with van der Waals surface area (Å²) in [5.41, 5.74) is 0.249. The molecule has 35 heavy (non-hydrogen) atoms. The number of amides is 1. The lowest BCUT2D eigenvalue weighted by atomic mass is 9.85. The van der Waals surface area contributed by atoms with Crippen LogP contribution in [0.5, 0.6) is 0 Å². The molecule has 192 valence electrons. The van der Waals surface area contributed by atoms with Crippen molar-refractivity contribution in [1.29, 1.82) is 0 Å². The molecule has 2 rings (SSSR count). The highest BCUT2D eigenvalue weighted by Crippen LogP contribution is 2.40. The Morgan fingerprint density at radius 3 is 2.09 bits per heavy atom. The topological polar surface area (TPSA) is 55.4 Å². The molecule has 0 fully saturated rings. The number of halogens is 7. The monoisotopic (exact) mass is 539 g/mol. The molecule has 0 unspecified atom stereocenters. The number of carbonyl (C=O) groups is 2. The average Bonchev–Trinajstić information content (AvgIpc) is 2.74. The van der Waals surface area contributed by atoms with Gasteiger partial charge in [0.25, 0.3) is 0 Å². The first-order valence-electron chi connectivity index (χ1n) is 10.5. The third-order valence-electron chi connectivity index (χ3n) is 5.49. The Balaban J connectivity index is 2.43. The van der Waals surface area contributed by atoms with Gasteiger partial charge in [0.1, 0.15) is 0 Å². The fourth-order valence-corrected chi connectivity index (χ4v) is 3.95. The highest BCUT2D eigenvalue weighted by Gasteiger charge is 2.45. The number of anilines is 1. The quantitative estimate of drug-likeness (QED) is 0.263. The van der Waals surface area contributed by atoms with Crippen LogP contribution in [0.4, 0.5) is 27.6 Å². The maximum atomic E-state index is 13.8. The molecule has 0 aliphatic rings. The van der Waals surface area contributed by atoms with E-state index in [1.165, 1.54) is 42.5 Å². The maximum Gasteiger partial charge on any atom is 0.392 e. The number of methoxy groups -OCH3 is 1. The summed E-state index contributed by atoms with van der Waals surface area (Å²) in [7, 11) is 1.12. The molecule has 0 saturated carbocycles.